The van der Waals surface area contributed by atoms with Crippen LogP contribution >= 0.6 is 12.4 Å². The number of rotatable bonds is 16. The van der Waals surface area contributed by atoms with E-state index in [2.05, 4.69) is 40.8 Å². The molecule has 2 aliphatic carbocycles. The minimum absolute atomic E-state index is 0. The molecule has 0 amide bonds. The van der Waals surface area contributed by atoms with Gasteiger partial charge in [0.1, 0.15) is 29.7 Å². The Hall–Kier alpha value is -6.73. The first-order chi connectivity index (χ1) is 31.3. The van der Waals surface area contributed by atoms with E-state index in [9.17, 15) is 0 Å². The molecule has 20 heteroatoms. The van der Waals surface area contributed by atoms with Crippen LogP contribution in [0.15, 0.2) is 92.0 Å². The molecule has 0 saturated heterocycles. The summed E-state index contributed by atoms with van der Waals surface area (Å²) in [6, 6.07) is 16.9. The minimum Gasteiger partial charge on any atom is -0.555 e. The van der Waals surface area contributed by atoms with Crippen molar-refractivity contribution in [1.82, 2.24) is 49.0 Å². The molecule has 2 fully saturated rings. The first-order valence-corrected chi connectivity index (χ1v) is 22.0. The molecule has 0 aliphatic heterocycles. The maximum Gasteiger partial charge on any atom is 0.374 e. The molecule has 5 heterocycles. The molecule has 2 saturated carbocycles. The van der Waals surface area contributed by atoms with E-state index in [-0.39, 0.29) is 12.4 Å². The van der Waals surface area contributed by atoms with E-state index in [0.29, 0.717) is 61.2 Å². The maximum absolute atomic E-state index is 6.97. The topological polar surface area (TPSA) is 233 Å². The van der Waals surface area contributed by atoms with E-state index in [1.54, 1.807) is 32.4 Å². The highest BCUT2D eigenvalue weighted by atomic mass is 35.5. The van der Waals surface area contributed by atoms with Crippen LogP contribution in [-0.4, -0.2) is 82.2 Å². The van der Waals surface area contributed by atoms with Crippen LogP contribution in [0.5, 0.6) is 11.5 Å². The average Bonchev–Trinajstić information content (AvgIpc) is 4.10. The van der Waals surface area contributed by atoms with Crippen molar-refractivity contribution in [2.45, 2.75) is 95.6 Å². The Labute approximate surface area is 385 Å². The zero-order chi connectivity index (χ0) is 44.3. The zero-order valence-electron chi connectivity index (χ0n) is 36.7. The second-order valence-electron chi connectivity index (χ2n) is 16.0. The van der Waals surface area contributed by atoms with Crippen LogP contribution in [0.4, 0.5) is 29.0 Å². The summed E-state index contributed by atoms with van der Waals surface area (Å²) in [5.41, 5.74) is 18.7. The van der Waals surface area contributed by atoms with Crippen LogP contribution in [0.25, 0.3) is 16.9 Å². The van der Waals surface area contributed by atoms with Gasteiger partial charge < -0.3 is 36.2 Å². The molecular formula is C45H56BClN15O3. The summed E-state index contributed by atoms with van der Waals surface area (Å²) in [7, 11) is 1.77. The molecule has 9 rings (SSSR count). The van der Waals surface area contributed by atoms with Crippen LogP contribution in [0, 0.1) is 5.41 Å². The highest BCUT2D eigenvalue weighted by Gasteiger charge is 2.25. The van der Waals surface area contributed by atoms with Crippen molar-refractivity contribution in [3.05, 3.63) is 103 Å². The van der Waals surface area contributed by atoms with Crippen LogP contribution in [-0.2, 0) is 11.1 Å². The monoisotopic (exact) mass is 900 g/mol. The third-order valence-corrected chi connectivity index (χ3v) is 11.5. The summed E-state index contributed by atoms with van der Waals surface area (Å²) in [6.07, 6.45) is 22.6. The Balaban J connectivity index is 0.000000191. The number of hydrogen-bond acceptors (Lipinski definition) is 15. The van der Waals surface area contributed by atoms with E-state index in [0.717, 1.165) is 109 Å². The van der Waals surface area contributed by atoms with E-state index >= 15 is 0 Å². The van der Waals surface area contributed by atoms with Gasteiger partial charge in [0.25, 0.3) is 0 Å². The van der Waals surface area contributed by atoms with Crippen molar-refractivity contribution in [3.8, 4) is 17.2 Å². The van der Waals surface area contributed by atoms with Gasteiger partial charge in [-0.3, -0.25) is 19.3 Å². The van der Waals surface area contributed by atoms with E-state index in [1.807, 2.05) is 94.9 Å². The van der Waals surface area contributed by atoms with Gasteiger partial charge in [-0.1, -0.05) is 25.0 Å². The first kappa shape index (κ1) is 46.3. The smallest absolute Gasteiger partial charge is 0.374 e. The fraction of sp³-hybridized carbons (Fsp3) is 0.378. The van der Waals surface area contributed by atoms with Gasteiger partial charge in [-0.25, -0.2) is 19.9 Å². The van der Waals surface area contributed by atoms with Gasteiger partial charge in [-0.2, -0.15) is 15.2 Å². The number of halogens is 1. The number of nitrogens with zero attached hydrogens (tertiary/aromatic N) is 10. The number of hydrogen-bond donors (Lipinski definition) is 5. The molecule has 339 valence electrons. The van der Waals surface area contributed by atoms with Crippen molar-refractivity contribution in [2.75, 3.05) is 29.6 Å². The van der Waals surface area contributed by atoms with Crippen LogP contribution in [0.3, 0.4) is 0 Å². The van der Waals surface area contributed by atoms with E-state index in [1.165, 1.54) is 0 Å². The summed E-state index contributed by atoms with van der Waals surface area (Å²) in [6.45, 7) is 5.22. The molecule has 7 N–H and O–H groups in total. The Morgan fingerprint density at radius 3 is 1.91 bits per heavy atom. The van der Waals surface area contributed by atoms with Crippen molar-refractivity contribution < 1.29 is 14.1 Å². The summed E-state index contributed by atoms with van der Waals surface area (Å²) < 4.78 is 22.0. The first-order valence-electron chi connectivity index (χ1n) is 22.0. The number of anilines is 5. The maximum atomic E-state index is 6.97. The fourth-order valence-corrected chi connectivity index (χ4v) is 8.10. The molecule has 2 aromatic carbocycles. The molecule has 0 unspecified atom stereocenters. The quantitative estimate of drug-likeness (QED) is 0.0350. The van der Waals surface area contributed by atoms with Crippen molar-refractivity contribution >= 4 is 66.4 Å². The predicted molar refractivity (Wildman–Crippen MR) is 255 cm³/mol. The molecule has 0 spiro atoms. The number of nitrogens with two attached hydrogens (primary N) is 2. The molecule has 5 aromatic heterocycles. The lowest BCUT2D eigenvalue weighted by atomic mass is 9.69. The van der Waals surface area contributed by atoms with Crippen molar-refractivity contribution in [2.24, 2.45) is 5.73 Å². The van der Waals surface area contributed by atoms with E-state index < -0.39 is 0 Å². The van der Waals surface area contributed by atoms with Gasteiger partial charge in [0.05, 0.1) is 72.8 Å². The average molecular weight is 901 g/mol. The Morgan fingerprint density at radius 2 is 1.31 bits per heavy atom. The lowest BCUT2D eigenvalue weighted by molar-refractivity contribution is 0.304. The van der Waals surface area contributed by atoms with E-state index in [4.69, 9.17) is 36.0 Å². The Bertz CT molecular complexity index is 2570. The van der Waals surface area contributed by atoms with Gasteiger partial charge in [-0.05, 0) is 100 Å². The second kappa shape index (κ2) is 22.3. The number of nitrogens with one attached hydrogen (secondary N) is 3. The summed E-state index contributed by atoms with van der Waals surface area (Å²) in [5, 5.41) is 22.6. The molecule has 0 bridgehead atoms. The highest BCUT2D eigenvalue weighted by Crippen LogP contribution is 2.35. The number of ether oxygens (including phenoxy) is 2. The van der Waals surface area contributed by atoms with Gasteiger partial charge in [0.2, 0.25) is 11.9 Å². The summed E-state index contributed by atoms with van der Waals surface area (Å²) >= 11 is 0. The lowest BCUT2D eigenvalue weighted by Gasteiger charge is -2.27. The number of benzene rings is 2. The SMILES string of the molecule is CCOc1ccc(-n2cnc3cnc(Nc4cnn(C5CCC(N)CC5)c4)nc32)cc1.CCOc1ccc(Cc2nc(Nc3cnn(C4CCC([B]OC=N)CC4)c3)ncc2N)cc1.Cl. The van der Waals surface area contributed by atoms with Gasteiger partial charge in [-0.15, -0.1) is 12.4 Å². The zero-order valence-corrected chi connectivity index (χ0v) is 37.5. The number of aromatic nitrogens is 10. The molecular weight excluding hydrogens is 845 g/mol. The largest absolute Gasteiger partial charge is 0.555 e. The summed E-state index contributed by atoms with van der Waals surface area (Å²) in [4.78, 5) is 22.5. The molecule has 1 radical (unpaired) electrons. The number of fused-ring (bicyclic) bond motifs is 1. The third-order valence-electron chi connectivity index (χ3n) is 11.5. The van der Waals surface area contributed by atoms with Crippen molar-refractivity contribution in [1.29, 1.82) is 5.41 Å². The van der Waals surface area contributed by atoms with Gasteiger partial charge in [0.15, 0.2) is 5.65 Å². The van der Waals surface area contributed by atoms with Crippen LogP contribution in [0.1, 0.15) is 88.6 Å². The molecule has 7 aromatic rings. The second-order valence-corrected chi connectivity index (χ2v) is 16.0. The van der Waals surface area contributed by atoms with Crippen LogP contribution < -0.4 is 31.6 Å². The molecule has 2 aliphatic rings. The standard InChI is InChI=1S/C23H29BN7O2.C22H26N8O.ClH/c1-2-32-20-9-3-16(4-10-20)11-22-21(26)13-27-23(30-22)29-18-12-28-31(14-18)19-7-5-17(6-8-19)24-33-15-25;1-2-31-19-9-7-17(8-10-19)29-14-25-20-12-24-22(28-21(20)29)27-16-11-26-30(13-16)18-5-3-15(23)4-6-18;/h3-4,9-10,12-15,17,19,25H,2,5-8,11,26H2,1H3,(H,27,29,30);7-15,18H,2-6,23H2,1H3,(H,24,27,28);1H. The third kappa shape index (κ3) is 12.1. The van der Waals surface area contributed by atoms with Gasteiger partial charge >= 0.3 is 7.48 Å². The minimum atomic E-state index is 0. The predicted octanol–water partition coefficient (Wildman–Crippen LogP) is 8.15. The fourth-order valence-electron chi connectivity index (χ4n) is 8.10. The van der Waals surface area contributed by atoms with Crippen LogP contribution in [0.2, 0.25) is 5.82 Å². The number of imidazole rings is 1. The molecule has 65 heavy (non-hydrogen) atoms. The summed E-state index contributed by atoms with van der Waals surface area (Å²) in [5.74, 6) is 3.08. The number of nitrogen functional groups attached to an aromatic ring is 1. The normalized spacial score (nSPS) is 18.1. The van der Waals surface area contributed by atoms with Crippen molar-refractivity contribution in [3.63, 3.8) is 0 Å². The molecule has 0 atom stereocenters. The molecule has 18 nitrogen and oxygen atoms in total. The lowest BCUT2D eigenvalue weighted by Crippen LogP contribution is -2.27. The Morgan fingerprint density at radius 1 is 0.738 bits per heavy atom. The Kier molecular flexibility index (Phi) is 15.8. The highest BCUT2D eigenvalue weighted by molar-refractivity contribution is 6.31. The van der Waals surface area contributed by atoms with Gasteiger partial charge in [0, 0.05) is 30.5 Å².